The quantitative estimate of drug-likeness (QED) is 0.598. The third kappa shape index (κ3) is 4.09. The number of hydrazine groups is 1. The van der Waals surface area contributed by atoms with E-state index in [0.29, 0.717) is 6.61 Å². The van der Waals surface area contributed by atoms with Gasteiger partial charge in [-0.15, -0.1) is 0 Å². The SMILES string of the molecule is CCOC(C(NN)c1c(OC)cccc1OC)C(C)(C)C. The fraction of sp³-hybridized carbons (Fsp3) is 0.625. The molecule has 0 aliphatic heterocycles. The number of ether oxygens (including phenoxy) is 3. The molecule has 0 saturated heterocycles. The summed E-state index contributed by atoms with van der Waals surface area (Å²) >= 11 is 0. The van der Waals surface area contributed by atoms with Crippen molar-refractivity contribution in [3.63, 3.8) is 0 Å². The van der Waals surface area contributed by atoms with Crippen LogP contribution in [0.5, 0.6) is 11.5 Å². The Morgan fingerprint density at radius 2 is 1.67 bits per heavy atom. The van der Waals surface area contributed by atoms with Crippen LogP contribution >= 0.6 is 0 Å². The van der Waals surface area contributed by atoms with Gasteiger partial charge < -0.3 is 14.2 Å². The van der Waals surface area contributed by atoms with Gasteiger partial charge in [-0.05, 0) is 24.5 Å². The van der Waals surface area contributed by atoms with Crippen molar-refractivity contribution in [3.8, 4) is 11.5 Å². The van der Waals surface area contributed by atoms with Crippen LogP contribution in [0.25, 0.3) is 0 Å². The van der Waals surface area contributed by atoms with Crippen LogP contribution in [-0.4, -0.2) is 26.9 Å². The van der Waals surface area contributed by atoms with Crippen molar-refractivity contribution in [2.75, 3.05) is 20.8 Å². The lowest BCUT2D eigenvalue weighted by Crippen LogP contribution is -2.45. The van der Waals surface area contributed by atoms with Crippen molar-refractivity contribution in [1.82, 2.24) is 5.43 Å². The molecule has 0 aromatic heterocycles. The van der Waals surface area contributed by atoms with Crippen molar-refractivity contribution in [2.45, 2.75) is 39.8 Å². The second-order valence-corrected chi connectivity index (χ2v) is 5.96. The Hall–Kier alpha value is -1.30. The van der Waals surface area contributed by atoms with Crippen LogP contribution in [0.3, 0.4) is 0 Å². The van der Waals surface area contributed by atoms with Crippen LogP contribution in [0.4, 0.5) is 0 Å². The topological polar surface area (TPSA) is 65.7 Å². The van der Waals surface area contributed by atoms with Crippen LogP contribution in [0.2, 0.25) is 0 Å². The number of rotatable bonds is 7. The predicted molar refractivity (Wildman–Crippen MR) is 84.5 cm³/mol. The number of hydrogen-bond acceptors (Lipinski definition) is 5. The van der Waals surface area contributed by atoms with Gasteiger partial charge in [-0.2, -0.15) is 0 Å². The molecule has 120 valence electrons. The molecule has 0 heterocycles. The number of nitrogens with two attached hydrogens (primary N) is 1. The van der Waals surface area contributed by atoms with Gasteiger partial charge in [0.25, 0.3) is 0 Å². The summed E-state index contributed by atoms with van der Waals surface area (Å²) in [6, 6.07) is 5.44. The van der Waals surface area contributed by atoms with E-state index in [2.05, 4.69) is 26.2 Å². The number of hydrogen-bond donors (Lipinski definition) is 2. The van der Waals surface area contributed by atoms with Crippen molar-refractivity contribution in [2.24, 2.45) is 11.3 Å². The summed E-state index contributed by atoms with van der Waals surface area (Å²) in [6.45, 7) is 8.96. The molecule has 0 amide bonds. The number of methoxy groups -OCH3 is 2. The van der Waals surface area contributed by atoms with Crippen LogP contribution in [0.1, 0.15) is 39.3 Å². The second-order valence-electron chi connectivity index (χ2n) is 5.96. The van der Waals surface area contributed by atoms with E-state index >= 15 is 0 Å². The van der Waals surface area contributed by atoms with E-state index < -0.39 is 0 Å². The highest BCUT2D eigenvalue weighted by Crippen LogP contribution is 2.40. The zero-order valence-corrected chi connectivity index (χ0v) is 13.9. The Kier molecular flexibility index (Phi) is 6.45. The van der Waals surface area contributed by atoms with Crippen LogP contribution < -0.4 is 20.7 Å². The Morgan fingerprint density at radius 3 is 2.00 bits per heavy atom. The van der Waals surface area contributed by atoms with Crippen molar-refractivity contribution < 1.29 is 14.2 Å². The normalized spacial score (nSPS) is 14.6. The molecule has 0 radical (unpaired) electrons. The molecule has 1 aromatic carbocycles. The minimum atomic E-state index is -0.240. The molecule has 2 atom stereocenters. The molecule has 5 heteroatoms. The highest BCUT2D eigenvalue weighted by Gasteiger charge is 2.36. The zero-order chi connectivity index (χ0) is 16.0. The van der Waals surface area contributed by atoms with Gasteiger partial charge in [-0.1, -0.05) is 26.8 Å². The fourth-order valence-electron chi connectivity index (χ4n) is 2.53. The van der Waals surface area contributed by atoms with Gasteiger partial charge in [0.05, 0.1) is 31.9 Å². The molecule has 3 N–H and O–H groups in total. The molecule has 0 fully saturated rings. The third-order valence-corrected chi connectivity index (χ3v) is 3.46. The lowest BCUT2D eigenvalue weighted by Gasteiger charge is -2.37. The van der Waals surface area contributed by atoms with Gasteiger partial charge in [0.1, 0.15) is 11.5 Å². The summed E-state index contributed by atoms with van der Waals surface area (Å²) < 4.78 is 16.9. The maximum atomic E-state index is 5.96. The first kappa shape index (κ1) is 17.8. The Bertz CT molecular complexity index is 421. The zero-order valence-electron chi connectivity index (χ0n) is 13.9. The minimum Gasteiger partial charge on any atom is -0.496 e. The molecule has 1 aromatic rings. The van der Waals surface area contributed by atoms with E-state index in [1.54, 1.807) is 14.2 Å². The Balaban J connectivity index is 3.37. The highest BCUT2D eigenvalue weighted by molar-refractivity contribution is 5.47. The summed E-state index contributed by atoms with van der Waals surface area (Å²) in [4.78, 5) is 0. The van der Waals surface area contributed by atoms with Crippen molar-refractivity contribution in [3.05, 3.63) is 23.8 Å². The molecule has 0 aliphatic rings. The van der Waals surface area contributed by atoms with E-state index in [9.17, 15) is 0 Å². The molecular formula is C16H28N2O3. The van der Waals surface area contributed by atoms with Gasteiger partial charge in [0, 0.05) is 6.61 Å². The third-order valence-electron chi connectivity index (χ3n) is 3.46. The minimum absolute atomic E-state index is 0.0983. The predicted octanol–water partition coefficient (Wildman–Crippen LogP) is 2.66. The molecule has 0 saturated carbocycles. The summed E-state index contributed by atoms with van der Waals surface area (Å²) in [6.07, 6.45) is -0.127. The molecule has 21 heavy (non-hydrogen) atoms. The summed E-state index contributed by atoms with van der Waals surface area (Å²) in [5, 5.41) is 0. The molecular weight excluding hydrogens is 268 g/mol. The standard InChI is InChI=1S/C16H28N2O3/c1-7-21-15(16(2,3)4)14(18-17)13-11(19-5)9-8-10-12(13)20-6/h8-10,14-15,18H,7,17H2,1-6H3. The molecule has 5 nitrogen and oxygen atoms in total. The molecule has 0 bridgehead atoms. The summed E-state index contributed by atoms with van der Waals surface area (Å²) in [5.41, 5.74) is 3.65. The van der Waals surface area contributed by atoms with E-state index in [1.165, 1.54) is 0 Å². The van der Waals surface area contributed by atoms with Gasteiger partial charge >= 0.3 is 0 Å². The van der Waals surface area contributed by atoms with E-state index in [0.717, 1.165) is 17.1 Å². The maximum Gasteiger partial charge on any atom is 0.127 e. The fourth-order valence-corrected chi connectivity index (χ4v) is 2.53. The number of nitrogens with one attached hydrogen (secondary N) is 1. The maximum absolute atomic E-state index is 5.96. The Morgan fingerprint density at radius 1 is 1.14 bits per heavy atom. The molecule has 0 aliphatic carbocycles. The lowest BCUT2D eigenvalue weighted by molar-refractivity contribution is -0.0374. The van der Waals surface area contributed by atoms with Gasteiger partial charge in [-0.3, -0.25) is 11.3 Å². The van der Waals surface area contributed by atoms with Crippen molar-refractivity contribution >= 4 is 0 Å². The van der Waals surface area contributed by atoms with E-state index in [1.807, 2.05) is 25.1 Å². The molecule has 0 spiro atoms. The largest absolute Gasteiger partial charge is 0.496 e. The average Bonchev–Trinajstić information content (AvgIpc) is 2.46. The average molecular weight is 296 g/mol. The van der Waals surface area contributed by atoms with Crippen LogP contribution in [0, 0.1) is 5.41 Å². The van der Waals surface area contributed by atoms with E-state index in [4.69, 9.17) is 20.1 Å². The van der Waals surface area contributed by atoms with E-state index in [-0.39, 0.29) is 17.6 Å². The second kappa shape index (κ2) is 7.64. The highest BCUT2D eigenvalue weighted by atomic mass is 16.5. The summed E-state index contributed by atoms with van der Waals surface area (Å²) in [5.74, 6) is 7.29. The van der Waals surface area contributed by atoms with Crippen LogP contribution in [0.15, 0.2) is 18.2 Å². The monoisotopic (exact) mass is 296 g/mol. The van der Waals surface area contributed by atoms with Gasteiger partial charge in [0.2, 0.25) is 0 Å². The molecule has 2 unspecified atom stereocenters. The number of benzene rings is 1. The van der Waals surface area contributed by atoms with Gasteiger partial charge in [-0.25, -0.2) is 0 Å². The smallest absolute Gasteiger partial charge is 0.127 e. The first-order valence-corrected chi connectivity index (χ1v) is 7.19. The first-order chi connectivity index (χ1) is 9.90. The first-order valence-electron chi connectivity index (χ1n) is 7.19. The van der Waals surface area contributed by atoms with Crippen molar-refractivity contribution in [1.29, 1.82) is 0 Å². The Labute approximate surface area is 127 Å². The summed E-state index contributed by atoms with van der Waals surface area (Å²) in [7, 11) is 3.28. The molecule has 1 rings (SSSR count). The lowest BCUT2D eigenvalue weighted by atomic mass is 9.81. The van der Waals surface area contributed by atoms with Gasteiger partial charge in [0.15, 0.2) is 0 Å². The van der Waals surface area contributed by atoms with Crippen LogP contribution in [-0.2, 0) is 4.74 Å².